The maximum Gasteiger partial charge on any atom is 0.326 e. The molecule has 1 rings (SSSR count). The summed E-state index contributed by atoms with van der Waals surface area (Å²) < 4.78 is 0. The number of aliphatic imine (C=N–C) groups is 1. The number of aliphatic hydroxyl groups excluding tert-OH is 1. The van der Waals surface area contributed by atoms with E-state index in [1.807, 2.05) is 0 Å². The van der Waals surface area contributed by atoms with Gasteiger partial charge < -0.3 is 48.5 Å². The predicted octanol–water partition coefficient (Wildman–Crippen LogP) is -2.61. The molecule has 0 radical (unpaired) electrons. The lowest BCUT2D eigenvalue weighted by molar-refractivity contribution is -0.142. The van der Waals surface area contributed by atoms with E-state index in [2.05, 4.69) is 20.9 Å². The number of hydrogen-bond acceptors (Lipinski definition) is 8. The van der Waals surface area contributed by atoms with E-state index < -0.39 is 66.4 Å². The molecule has 1 aromatic carbocycles. The maximum atomic E-state index is 13.1. The monoisotopic (exact) mass is 551 g/mol. The molecule has 39 heavy (non-hydrogen) atoms. The smallest absolute Gasteiger partial charge is 0.326 e. The number of nitrogens with two attached hydrogens (primary N) is 3. The standard InChI is InChI=1S/C24H37N7O8/c1-13(32)19(25)22(37)30-16(9-10-18(33)34)21(36)29-15(8-5-11-28-24(26)27)20(35)31-17(23(38)39)12-14-6-3-2-4-7-14/h2-4,6-7,13,15-17,19,32H,5,8-12,25H2,1H3,(H,29,36)(H,30,37)(H,31,35)(H,33,34)(H,38,39)(H4,26,27,28). The number of hydrogen-bond donors (Lipinski definition) is 9. The Bertz CT molecular complexity index is 1010. The zero-order valence-electron chi connectivity index (χ0n) is 21.6. The molecule has 0 bridgehead atoms. The van der Waals surface area contributed by atoms with Gasteiger partial charge >= 0.3 is 11.9 Å². The molecule has 0 aliphatic carbocycles. The van der Waals surface area contributed by atoms with Crippen LogP contribution in [0.3, 0.4) is 0 Å². The molecule has 3 amide bonds. The largest absolute Gasteiger partial charge is 0.481 e. The van der Waals surface area contributed by atoms with Crippen molar-refractivity contribution in [2.75, 3.05) is 6.54 Å². The van der Waals surface area contributed by atoms with Gasteiger partial charge in [0, 0.05) is 19.4 Å². The van der Waals surface area contributed by atoms with Gasteiger partial charge in [-0.2, -0.15) is 0 Å². The second-order valence-corrected chi connectivity index (χ2v) is 8.86. The van der Waals surface area contributed by atoms with E-state index in [9.17, 15) is 34.2 Å². The van der Waals surface area contributed by atoms with Gasteiger partial charge in [-0.25, -0.2) is 4.79 Å². The Morgan fingerprint density at radius 1 is 0.872 bits per heavy atom. The number of benzene rings is 1. The Balaban J connectivity index is 3.10. The lowest BCUT2D eigenvalue weighted by Gasteiger charge is -2.25. The van der Waals surface area contributed by atoms with Gasteiger partial charge in [0.1, 0.15) is 24.2 Å². The molecular formula is C24H37N7O8. The second kappa shape index (κ2) is 16.6. The summed E-state index contributed by atoms with van der Waals surface area (Å²) in [4.78, 5) is 65.2. The van der Waals surface area contributed by atoms with E-state index in [0.29, 0.717) is 5.56 Å². The number of rotatable bonds is 17. The van der Waals surface area contributed by atoms with Crippen LogP contribution in [-0.2, 0) is 30.4 Å². The number of nitrogens with zero attached hydrogens (tertiary/aromatic N) is 1. The van der Waals surface area contributed by atoms with Crippen LogP contribution in [0.15, 0.2) is 35.3 Å². The quantitative estimate of drug-likeness (QED) is 0.0549. The van der Waals surface area contributed by atoms with Crippen molar-refractivity contribution in [3.05, 3.63) is 35.9 Å². The van der Waals surface area contributed by atoms with Crippen LogP contribution in [0.4, 0.5) is 0 Å². The van der Waals surface area contributed by atoms with E-state index in [-0.39, 0.29) is 38.2 Å². The Kier molecular flexibility index (Phi) is 13.9. The second-order valence-electron chi connectivity index (χ2n) is 8.86. The number of amides is 3. The van der Waals surface area contributed by atoms with E-state index in [0.717, 1.165) is 0 Å². The molecule has 0 aliphatic heterocycles. The van der Waals surface area contributed by atoms with Crippen LogP contribution < -0.4 is 33.2 Å². The van der Waals surface area contributed by atoms with Crippen molar-refractivity contribution in [3.8, 4) is 0 Å². The topological polar surface area (TPSA) is 273 Å². The molecule has 0 heterocycles. The minimum absolute atomic E-state index is 0.0151. The normalized spacial score (nSPS) is 14.5. The highest BCUT2D eigenvalue weighted by atomic mass is 16.4. The third kappa shape index (κ3) is 12.7. The third-order valence-corrected chi connectivity index (χ3v) is 5.58. The van der Waals surface area contributed by atoms with Crippen LogP contribution in [0.5, 0.6) is 0 Å². The zero-order valence-corrected chi connectivity index (χ0v) is 21.6. The summed E-state index contributed by atoms with van der Waals surface area (Å²) in [5.74, 6) is -5.34. The average Bonchev–Trinajstić information content (AvgIpc) is 2.87. The Morgan fingerprint density at radius 2 is 1.41 bits per heavy atom. The molecule has 15 heteroatoms. The predicted molar refractivity (Wildman–Crippen MR) is 140 cm³/mol. The summed E-state index contributed by atoms with van der Waals surface area (Å²) in [6, 6.07) is 3.20. The van der Waals surface area contributed by atoms with Gasteiger partial charge in [-0.15, -0.1) is 0 Å². The molecule has 0 saturated heterocycles. The Labute approximate surface area is 225 Å². The van der Waals surface area contributed by atoms with Crippen molar-refractivity contribution in [2.24, 2.45) is 22.2 Å². The summed E-state index contributed by atoms with van der Waals surface area (Å²) in [7, 11) is 0. The summed E-state index contributed by atoms with van der Waals surface area (Å²) in [5.41, 5.74) is 16.9. The zero-order chi connectivity index (χ0) is 29.5. The first-order chi connectivity index (χ1) is 18.3. The minimum atomic E-state index is -1.41. The third-order valence-electron chi connectivity index (χ3n) is 5.58. The molecule has 5 unspecified atom stereocenters. The summed E-state index contributed by atoms with van der Waals surface area (Å²) in [6.45, 7) is 1.37. The molecule has 12 N–H and O–H groups in total. The molecular weight excluding hydrogens is 514 g/mol. The first-order valence-corrected chi connectivity index (χ1v) is 12.2. The SMILES string of the molecule is CC(O)C(N)C(=O)NC(CCC(=O)O)C(=O)NC(CCCN=C(N)N)C(=O)NC(Cc1ccccc1)C(=O)O. The molecule has 0 spiro atoms. The lowest BCUT2D eigenvalue weighted by atomic mass is 10.0. The number of guanidine groups is 1. The lowest BCUT2D eigenvalue weighted by Crippen LogP contribution is -2.58. The van der Waals surface area contributed by atoms with E-state index >= 15 is 0 Å². The van der Waals surface area contributed by atoms with Gasteiger partial charge in [0.2, 0.25) is 17.7 Å². The van der Waals surface area contributed by atoms with Gasteiger partial charge in [0.25, 0.3) is 0 Å². The van der Waals surface area contributed by atoms with Gasteiger partial charge in [-0.3, -0.25) is 24.2 Å². The van der Waals surface area contributed by atoms with Crippen LogP contribution in [0.25, 0.3) is 0 Å². The first kappa shape index (κ1) is 32.8. The first-order valence-electron chi connectivity index (χ1n) is 12.2. The van der Waals surface area contributed by atoms with Gasteiger partial charge in [0.15, 0.2) is 5.96 Å². The fourth-order valence-electron chi connectivity index (χ4n) is 3.39. The van der Waals surface area contributed by atoms with E-state index in [4.69, 9.17) is 22.3 Å². The van der Waals surface area contributed by atoms with Gasteiger partial charge in [0.05, 0.1) is 6.10 Å². The fraction of sp³-hybridized carbons (Fsp3) is 0.500. The molecule has 216 valence electrons. The highest BCUT2D eigenvalue weighted by Gasteiger charge is 2.31. The number of carbonyl (C=O) groups excluding carboxylic acids is 3. The highest BCUT2D eigenvalue weighted by Crippen LogP contribution is 2.07. The number of nitrogens with one attached hydrogen (secondary N) is 3. The van der Waals surface area contributed by atoms with Crippen molar-refractivity contribution >= 4 is 35.6 Å². The van der Waals surface area contributed by atoms with E-state index in [1.165, 1.54) is 6.92 Å². The van der Waals surface area contributed by atoms with Crippen molar-refractivity contribution in [2.45, 2.75) is 69.3 Å². The average molecular weight is 552 g/mol. The van der Waals surface area contributed by atoms with Crippen LogP contribution in [0.2, 0.25) is 0 Å². The molecule has 0 aliphatic rings. The summed E-state index contributed by atoms with van der Waals surface area (Å²) in [6.07, 6.45) is -1.91. The van der Waals surface area contributed by atoms with Gasteiger partial charge in [-0.05, 0) is 31.7 Å². The van der Waals surface area contributed by atoms with Crippen molar-refractivity contribution < 1.29 is 39.3 Å². The minimum Gasteiger partial charge on any atom is -0.481 e. The number of carbonyl (C=O) groups is 5. The van der Waals surface area contributed by atoms with Crippen LogP contribution in [0.1, 0.15) is 38.2 Å². The van der Waals surface area contributed by atoms with Crippen LogP contribution in [0, 0.1) is 0 Å². The number of carboxylic acids is 2. The molecule has 0 aromatic heterocycles. The molecule has 0 fully saturated rings. The summed E-state index contributed by atoms with van der Waals surface area (Å²) in [5, 5.41) is 35.4. The number of carboxylic acid groups (broad SMARTS) is 2. The van der Waals surface area contributed by atoms with Crippen LogP contribution >= 0.6 is 0 Å². The van der Waals surface area contributed by atoms with Crippen molar-refractivity contribution in [1.29, 1.82) is 0 Å². The molecule has 15 nitrogen and oxygen atoms in total. The molecule has 5 atom stereocenters. The summed E-state index contributed by atoms with van der Waals surface area (Å²) >= 11 is 0. The maximum absolute atomic E-state index is 13.1. The van der Waals surface area contributed by atoms with Crippen molar-refractivity contribution in [1.82, 2.24) is 16.0 Å². The molecule has 1 aromatic rings. The molecule has 0 saturated carbocycles. The van der Waals surface area contributed by atoms with Gasteiger partial charge in [-0.1, -0.05) is 30.3 Å². The number of aliphatic carboxylic acids is 2. The van der Waals surface area contributed by atoms with E-state index in [1.54, 1.807) is 30.3 Å². The highest BCUT2D eigenvalue weighted by molar-refractivity contribution is 5.94. The Morgan fingerprint density at radius 3 is 1.92 bits per heavy atom. The van der Waals surface area contributed by atoms with Crippen LogP contribution in [-0.4, -0.2) is 87.8 Å². The Hall–Kier alpha value is -4.24. The fourth-order valence-corrected chi connectivity index (χ4v) is 3.39. The van der Waals surface area contributed by atoms with Crippen molar-refractivity contribution in [3.63, 3.8) is 0 Å². The number of aliphatic hydroxyl groups is 1.